The lowest BCUT2D eigenvalue weighted by Gasteiger charge is -1.90. The maximum atomic E-state index is 8.99. The van der Waals surface area contributed by atoms with E-state index in [1.165, 1.54) is 0 Å². The van der Waals surface area contributed by atoms with Crippen molar-refractivity contribution in [1.29, 1.82) is 0 Å². The Morgan fingerprint density at radius 2 is 2.40 bits per heavy atom. The quantitative estimate of drug-likeness (QED) is 0.713. The minimum absolute atomic E-state index is 0.0726. The molecule has 0 bridgehead atoms. The summed E-state index contributed by atoms with van der Waals surface area (Å²) in [6, 6.07) is 0. The first-order chi connectivity index (χ1) is 4.84. The molecule has 0 aliphatic heterocycles. The predicted molar refractivity (Wildman–Crippen MR) is 42.6 cm³/mol. The molecular formula is C5H8N2OS2. The molecule has 0 unspecified atom stereocenters. The number of aromatic hydroxyl groups is 1. The van der Waals surface area contributed by atoms with Crippen LogP contribution in [0.15, 0.2) is 5.03 Å². The maximum absolute atomic E-state index is 8.99. The summed E-state index contributed by atoms with van der Waals surface area (Å²) in [4.78, 5) is 0. The SMILES string of the molecule is CCCSc1nsnc1O. The van der Waals surface area contributed by atoms with Crippen molar-refractivity contribution < 1.29 is 5.11 Å². The summed E-state index contributed by atoms with van der Waals surface area (Å²) in [5, 5.41) is 9.65. The van der Waals surface area contributed by atoms with E-state index in [0.29, 0.717) is 5.03 Å². The highest BCUT2D eigenvalue weighted by Gasteiger charge is 2.04. The maximum Gasteiger partial charge on any atom is 0.257 e. The molecule has 5 heteroatoms. The standard InChI is InChI=1S/C5H8N2OS2/c1-2-3-9-5-4(8)6-10-7-5/h2-3H2,1H3,(H,6,8). The van der Waals surface area contributed by atoms with Crippen LogP contribution in [0.3, 0.4) is 0 Å². The highest BCUT2D eigenvalue weighted by Crippen LogP contribution is 2.25. The van der Waals surface area contributed by atoms with Crippen molar-refractivity contribution >= 4 is 23.5 Å². The Morgan fingerprint density at radius 3 is 2.90 bits per heavy atom. The summed E-state index contributed by atoms with van der Waals surface area (Å²) < 4.78 is 7.53. The van der Waals surface area contributed by atoms with Crippen molar-refractivity contribution in [1.82, 2.24) is 8.75 Å². The molecule has 0 amide bonds. The first kappa shape index (κ1) is 7.81. The predicted octanol–water partition coefficient (Wildman–Crippen LogP) is 1.75. The number of hydrogen-bond acceptors (Lipinski definition) is 5. The molecule has 10 heavy (non-hydrogen) atoms. The van der Waals surface area contributed by atoms with Crippen LogP contribution in [0.2, 0.25) is 0 Å². The van der Waals surface area contributed by atoms with Gasteiger partial charge in [-0.3, -0.25) is 0 Å². The lowest BCUT2D eigenvalue weighted by atomic mass is 10.6. The van der Waals surface area contributed by atoms with Gasteiger partial charge in [0, 0.05) is 0 Å². The van der Waals surface area contributed by atoms with Crippen LogP contribution in [0.5, 0.6) is 5.88 Å². The van der Waals surface area contributed by atoms with Crippen molar-refractivity contribution in [3.8, 4) is 5.88 Å². The molecule has 1 aromatic heterocycles. The van der Waals surface area contributed by atoms with Crippen molar-refractivity contribution in [3.63, 3.8) is 0 Å². The van der Waals surface area contributed by atoms with E-state index in [1.54, 1.807) is 11.8 Å². The van der Waals surface area contributed by atoms with Crippen LogP contribution in [0.25, 0.3) is 0 Å². The highest BCUT2D eigenvalue weighted by molar-refractivity contribution is 7.99. The number of rotatable bonds is 3. The molecule has 1 rings (SSSR count). The second kappa shape index (κ2) is 3.78. The van der Waals surface area contributed by atoms with Gasteiger partial charge in [-0.05, 0) is 12.2 Å². The van der Waals surface area contributed by atoms with E-state index in [4.69, 9.17) is 5.11 Å². The second-order valence-corrected chi connectivity index (χ2v) is 3.35. The Morgan fingerprint density at radius 1 is 1.60 bits per heavy atom. The molecular weight excluding hydrogens is 168 g/mol. The minimum atomic E-state index is 0.0726. The lowest BCUT2D eigenvalue weighted by molar-refractivity contribution is 0.444. The van der Waals surface area contributed by atoms with Crippen LogP contribution in [0.4, 0.5) is 0 Å². The molecule has 0 aliphatic carbocycles. The topological polar surface area (TPSA) is 46.0 Å². The van der Waals surface area contributed by atoms with E-state index in [-0.39, 0.29) is 5.88 Å². The molecule has 0 aromatic carbocycles. The van der Waals surface area contributed by atoms with E-state index in [9.17, 15) is 0 Å². The van der Waals surface area contributed by atoms with Gasteiger partial charge in [0.15, 0.2) is 5.03 Å². The van der Waals surface area contributed by atoms with Gasteiger partial charge < -0.3 is 5.11 Å². The summed E-state index contributed by atoms with van der Waals surface area (Å²) in [5.41, 5.74) is 0. The third-order valence-corrected chi connectivity index (χ3v) is 2.68. The van der Waals surface area contributed by atoms with E-state index >= 15 is 0 Å². The summed E-state index contributed by atoms with van der Waals surface area (Å²) >= 11 is 2.59. The van der Waals surface area contributed by atoms with Crippen LogP contribution in [0, 0.1) is 0 Å². The zero-order chi connectivity index (χ0) is 7.40. The average molecular weight is 176 g/mol. The van der Waals surface area contributed by atoms with Crippen LogP contribution < -0.4 is 0 Å². The average Bonchev–Trinajstić information content (AvgIpc) is 2.31. The number of thioether (sulfide) groups is 1. The first-order valence-corrected chi connectivity index (χ1v) is 4.70. The summed E-state index contributed by atoms with van der Waals surface area (Å²) in [6.45, 7) is 2.09. The Kier molecular flexibility index (Phi) is 2.95. The molecule has 1 aromatic rings. The minimum Gasteiger partial charge on any atom is -0.491 e. The fraction of sp³-hybridized carbons (Fsp3) is 0.600. The molecule has 0 aliphatic rings. The van der Waals surface area contributed by atoms with Gasteiger partial charge in [-0.25, -0.2) is 0 Å². The molecule has 0 spiro atoms. The smallest absolute Gasteiger partial charge is 0.257 e. The summed E-state index contributed by atoms with van der Waals surface area (Å²) in [7, 11) is 0. The van der Waals surface area contributed by atoms with Crippen LogP contribution in [-0.4, -0.2) is 19.6 Å². The van der Waals surface area contributed by atoms with E-state index in [1.807, 2.05) is 0 Å². The fourth-order valence-corrected chi connectivity index (χ4v) is 1.77. The van der Waals surface area contributed by atoms with Gasteiger partial charge in [-0.2, -0.15) is 4.37 Å². The number of hydrogen-bond donors (Lipinski definition) is 1. The van der Waals surface area contributed by atoms with Gasteiger partial charge in [0.2, 0.25) is 0 Å². The molecule has 0 saturated carbocycles. The fourth-order valence-electron chi connectivity index (χ4n) is 0.466. The highest BCUT2D eigenvalue weighted by atomic mass is 32.2. The van der Waals surface area contributed by atoms with Gasteiger partial charge in [0.25, 0.3) is 5.88 Å². The van der Waals surface area contributed by atoms with Crippen molar-refractivity contribution in [2.75, 3.05) is 5.75 Å². The normalized spacial score (nSPS) is 10.1. The molecule has 0 atom stereocenters. The summed E-state index contributed by atoms with van der Waals surface area (Å²) in [5.74, 6) is 1.06. The molecule has 3 nitrogen and oxygen atoms in total. The van der Waals surface area contributed by atoms with Gasteiger partial charge in [0.1, 0.15) is 0 Å². The molecule has 0 saturated heterocycles. The van der Waals surface area contributed by atoms with Crippen molar-refractivity contribution in [2.45, 2.75) is 18.4 Å². The molecule has 56 valence electrons. The Hall–Kier alpha value is -0.290. The Balaban J connectivity index is 2.49. The van der Waals surface area contributed by atoms with Crippen LogP contribution in [-0.2, 0) is 0 Å². The summed E-state index contributed by atoms with van der Waals surface area (Å²) in [6.07, 6.45) is 1.08. The van der Waals surface area contributed by atoms with Crippen molar-refractivity contribution in [3.05, 3.63) is 0 Å². The van der Waals surface area contributed by atoms with Gasteiger partial charge in [-0.15, -0.1) is 4.37 Å². The van der Waals surface area contributed by atoms with Crippen LogP contribution in [0.1, 0.15) is 13.3 Å². The second-order valence-electron chi connectivity index (χ2n) is 1.74. The largest absolute Gasteiger partial charge is 0.491 e. The zero-order valence-electron chi connectivity index (χ0n) is 5.57. The Labute approximate surface area is 67.8 Å². The van der Waals surface area contributed by atoms with Gasteiger partial charge >= 0.3 is 0 Å². The number of nitrogens with zero attached hydrogens (tertiary/aromatic N) is 2. The lowest BCUT2D eigenvalue weighted by Crippen LogP contribution is -1.74. The van der Waals surface area contributed by atoms with E-state index < -0.39 is 0 Å². The van der Waals surface area contributed by atoms with Gasteiger partial charge in [0.05, 0.1) is 11.7 Å². The molecule has 0 radical (unpaired) electrons. The third kappa shape index (κ3) is 1.85. The van der Waals surface area contributed by atoms with Crippen molar-refractivity contribution in [2.24, 2.45) is 0 Å². The number of aromatic nitrogens is 2. The molecule has 1 N–H and O–H groups in total. The van der Waals surface area contributed by atoms with Gasteiger partial charge in [-0.1, -0.05) is 18.7 Å². The first-order valence-electron chi connectivity index (χ1n) is 2.99. The molecule has 1 heterocycles. The monoisotopic (exact) mass is 176 g/mol. The molecule has 0 fully saturated rings. The van der Waals surface area contributed by atoms with E-state index in [2.05, 4.69) is 15.7 Å². The van der Waals surface area contributed by atoms with E-state index in [0.717, 1.165) is 23.9 Å². The zero-order valence-corrected chi connectivity index (χ0v) is 7.21. The third-order valence-electron chi connectivity index (χ3n) is 0.885. The van der Waals surface area contributed by atoms with Crippen LogP contribution >= 0.6 is 23.5 Å². The Bertz CT molecular complexity index is 201.